The Hall–Kier alpha value is -3.10. The van der Waals surface area contributed by atoms with Crippen molar-refractivity contribution in [3.05, 3.63) is 52.2 Å². The van der Waals surface area contributed by atoms with Gasteiger partial charge in [-0.1, -0.05) is 6.07 Å². The summed E-state index contributed by atoms with van der Waals surface area (Å²) in [4.78, 5) is 24.5. The molecule has 2 aromatic carbocycles. The molecule has 8 heteroatoms. The molecule has 1 aromatic heterocycles. The molecule has 0 saturated carbocycles. The van der Waals surface area contributed by atoms with Gasteiger partial charge in [-0.25, -0.2) is 4.79 Å². The number of hydrogen-bond acceptors (Lipinski definition) is 7. The molecule has 8 nitrogen and oxygen atoms in total. The summed E-state index contributed by atoms with van der Waals surface area (Å²) in [5.41, 5.74) is 1.33. The fraction of sp³-hybridized carbons (Fsp3) is 0.481. The SMILES string of the molecule is CC(C)(C)OC(=O)NCCOC(C)(C)OCCCCc1ccc2oc3ccc(O)cc3c(=O)c2c1. The van der Waals surface area contributed by atoms with Gasteiger partial charge in [0.15, 0.2) is 5.79 Å². The first kappa shape index (κ1) is 26.5. The van der Waals surface area contributed by atoms with E-state index in [0.29, 0.717) is 41.7 Å². The average molecular weight is 486 g/mol. The maximum atomic E-state index is 12.9. The van der Waals surface area contributed by atoms with Crippen molar-refractivity contribution in [2.45, 2.75) is 65.3 Å². The summed E-state index contributed by atoms with van der Waals surface area (Å²) < 4.78 is 22.6. The number of phenols is 1. The van der Waals surface area contributed by atoms with Crippen LogP contribution in [0.25, 0.3) is 21.9 Å². The summed E-state index contributed by atoms with van der Waals surface area (Å²) in [6.45, 7) is 10.3. The number of benzene rings is 2. The van der Waals surface area contributed by atoms with Gasteiger partial charge in [-0.05, 0) is 89.8 Å². The average Bonchev–Trinajstić information content (AvgIpc) is 2.76. The lowest BCUT2D eigenvalue weighted by atomic mass is 10.0. The Bertz CT molecular complexity index is 1220. The van der Waals surface area contributed by atoms with Crippen LogP contribution in [0.15, 0.2) is 45.6 Å². The number of fused-ring (bicyclic) bond motifs is 2. The van der Waals surface area contributed by atoms with E-state index in [1.54, 1.807) is 6.07 Å². The van der Waals surface area contributed by atoms with Gasteiger partial charge >= 0.3 is 6.09 Å². The van der Waals surface area contributed by atoms with Gasteiger partial charge in [0.1, 0.15) is 22.5 Å². The Morgan fingerprint density at radius 3 is 2.31 bits per heavy atom. The lowest BCUT2D eigenvalue weighted by Crippen LogP contribution is -2.37. The maximum Gasteiger partial charge on any atom is 0.407 e. The lowest BCUT2D eigenvalue weighted by molar-refractivity contribution is -0.212. The Morgan fingerprint density at radius 2 is 1.60 bits per heavy atom. The number of aromatic hydroxyl groups is 1. The van der Waals surface area contributed by atoms with E-state index in [9.17, 15) is 14.7 Å². The molecule has 190 valence electrons. The summed E-state index contributed by atoms with van der Waals surface area (Å²) in [6.07, 6.45) is 2.01. The highest BCUT2D eigenvalue weighted by Crippen LogP contribution is 2.23. The Morgan fingerprint density at radius 1 is 0.943 bits per heavy atom. The van der Waals surface area contributed by atoms with Gasteiger partial charge in [-0.15, -0.1) is 0 Å². The Kier molecular flexibility index (Phi) is 8.40. The van der Waals surface area contributed by atoms with Crippen molar-refractivity contribution in [1.82, 2.24) is 5.32 Å². The zero-order chi connectivity index (χ0) is 25.6. The number of ether oxygens (including phenoxy) is 3. The number of alkyl carbamates (subject to hydrolysis) is 1. The number of phenolic OH excluding ortho intramolecular Hbond substituents is 1. The molecule has 0 spiro atoms. The van der Waals surface area contributed by atoms with Crippen molar-refractivity contribution in [3.8, 4) is 5.75 Å². The van der Waals surface area contributed by atoms with Crippen LogP contribution in [-0.4, -0.2) is 42.3 Å². The van der Waals surface area contributed by atoms with Crippen LogP contribution in [0.2, 0.25) is 0 Å². The molecule has 0 unspecified atom stereocenters. The molecule has 3 rings (SSSR count). The summed E-state index contributed by atoms with van der Waals surface area (Å²) in [6, 6.07) is 10.2. The Labute approximate surface area is 205 Å². The Balaban J connectivity index is 1.42. The molecule has 35 heavy (non-hydrogen) atoms. The summed E-state index contributed by atoms with van der Waals surface area (Å²) in [5, 5.41) is 13.2. The number of hydrogen-bond donors (Lipinski definition) is 2. The molecular formula is C27H35NO7. The summed E-state index contributed by atoms with van der Waals surface area (Å²) in [7, 11) is 0. The van der Waals surface area contributed by atoms with Crippen molar-refractivity contribution < 1.29 is 28.5 Å². The fourth-order valence-corrected chi connectivity index (χ4v) is 3.60. The second kappa shape index (κ2) is 11.1. The molecular weight excluding hydrogens is 450 g/mol. The molecule has 1 heterocycles. The molecule has 1 amide bonds. The predicted octanol–water partition coefficient (Wildman–Crippen LogP) is 5.27. The molecule has 0 aliphatic carbocycles. The molecule has 0 aliphatic rings. The number of carbonyl (C=O) groups is 1. The van der Waals surface area contributed by atoms with Gasteiger partial charge in [-0.2, -0.15) is 0 Å². The van der Waals surface area contributed by atoms with Crippen molar-refractivity contribution in [1.29, 1.82) is 0 Å². The quantitative estimate of drug-likeness (QED) is 0.229. The standard InChI is InChI=1S/C27H35NO7/c1-26(2,3)35-25(31)28-13-15-33-27(4,5)32-14-7-6-8-18-9-11-22-20(16-18)24(30)21-17-19(29)10-12-23(21)34-22/h9-12,16-17,29H,6-8,13-15H2,1-5H3,(H,28,31). The number of aryl methyl sites for hydroxylation is 1. The molecule has 2 N–H and O–H groups in total. The van der Waals surface area contributed by atoms with E-state index in [0.717, 1.165) is 24.8 Å². The van der Waals surface area contributed by atoms with E-state index in [1.165, 1.54) is 12.1 Å². The predicted molar refractivity (Wildman–Crippen MR) is 135 cm³/mol. The third-order valence-electron chi connectivity index (χ3n) is 5.25. The highest BCUT2D eigenvalue weighted by molar-refractivity contribution is 5.90. The van der Waals surface area contributed by atoms with Crippen LogP contribution in [0.5, 0.6) is 5.75 Å². The second-order valence-electron chi connectivity index (χ2n) is 9.92. The van der Waals surface area contributed by atoms with Crippen LogP contribution in [0.3, 0.4) is 0 Å². The van der Waals surface area contributed by atoms with E-state index in [1.807, 2.05) is 52.8 Å². The van der Waals surface area contributed by atoms with E-state index >= 15 is 0 Å². The highest BCUT2D eigenvalue weighted by Gasteiger charge is 2.19. The number of carbonyl (C=O) groups excluding carboxylic acids is 1. The van der Waals surface area contributed by atoms with Crippen LogP contribution < -0.4 is 10.7 Å². The van der Waals surface area contributed by atoms with Gasteiger partial charge in [0, 0.05) is 6.54 Å². The first-order valence-electron chi connectivity index (χ1n) is 11.9. The van der Waals surface area contributed by atoms with E-state index in [4.69, 9.17) is 18.6 Å². The van der Waals surface area contributed by atoms with Crippen LogP contribution in [0.4, 0.5) is 4.79 Å². The zero-order valence-electron chi connectivity index (χ0n) is 21.1. The zero-order valence-corrected chi connectivity index (χ0v) is 21.1. The minimum Gasteiger partial charge on any atom is -0.508 e. The van der Waals surface area contributed by atoms with Gasteiger partial charge in [0.25, 0.3) is 0 Å². The molecule has 0 atom stereocenters. The van der Waals surface area contributed by atoms with Crippen LogP contribution in [0.1, 0.15) is 53.0 Å². The number of rotatable bonds is 10. The van der Waals surface area contributed by atoms with E-state index in [-0.39, 0.29) is 11.2 Å². The molecule has 0 bridgehead atoms. The highest BCUT2D eigenvalue weighted by atomic mass is 16.7. The number of nitrogens with one attached hydrogen (secondary N) is 1. The summed E-state index contributed by atoms with van der Waals surface area (Å²) >= 11 is 0. The van der Waals surface area contributed by atoms with Crippen LogP contribution in [0, 0.1) is 0 Å². The van der Waals surface area contributed by atoms with Gasteiger partial charge in [0.2, 0.25) is 5.43 Å². The van der Waals surface area contributed by atoms with Gasteiger partial charge in [0.05, 0.1) is 24.0 Å². The first-order valence-corrected chi connectivity index (χ1v) is 11.9. The fourth-order valence-electron chi connectivity index (χ4n) is 3.60. The molecule has 0 saturated heterocycles. The first-order chi connectivity index (χ1) is 16.4. The van der Waals surface area contributed by atoms with Crippen molar-refractivity contribution in [2.75, 3.05) is 19.8 Å². The lowest BCUT2D eigenvalue weighted by Gasteiger charge is -2.26. The van der Waals surface area contributed by atoms with Crippen LogP contribution in [-0.2, 0) is 20.6 Å². The second-order valence-corrected chi connectivity index (χ2v) is 9.92. The number of unbranched alkanes of at least 4 members (excludes halogenated alkanes) is 1. The van der Waals surface area contributed by atoms with Crippen molar-refractivity contribution in [2.24, 2.45) is 0 Å². The van der Waals surface area contributed by atoms with E-state index in [2.05, 4.69) is 5.32 Å². The minimum absolute atomic E-state index is 0.0338. The molecule has 3 aromatic rings. The van der Waals surface area contributed by atoms with Gasteiger partial charge in [-0.3, -0.25) is 4.79 Å². The van der Waals surface area contributed by atoms with Gasteiger partial charge < -0.3 is 29.1 Å². The van der Waals surface area contributed by atoms with E-state index < -0.39 is 17.5 Å². The molecule has 0 fully saturated rings. The molecule has 0 aliphatic heterocycles. The molecule has 0 radical (unpaired) electrons. The normalized spacial score (nSPS) is 12.3. The van der Waals surface area contributed by atoms with Crippen molar-refractivity contribution >= 4 is 28.0 Å². The third kappa shape index (κ3) is 7.97. The van der Waals surface area contributed by atoms with Crippen molar-refractivity contribution in [3.63, 3.8) is 0 Å². The largest absolute Gasteiger partial charge is 0.508 e. The number of amides is 1. The maximum absolute atomic E-state index is 12.9. The summed E-state index contributed by atoms with van der Waals surface area (Å²) in [5.74, 6) is -0.740. The third-order valence-corrected chi connectivity index (χ3v) is 5.25. The smallest absolute Gasteiger partial charge is 0.407 e. The topological polar surface area (TPSA) is 107 Å². The minimum atomic E-state index is -0.774. The van der Waals surface area contributed by atoms with Crippen LogP contribution >= 0.6 is 0 Å². The monoisotopic (exact) mass is 485 g/mol.